The Kier molecular flexibility index (Phi) is 10.7. The van der Waals surface area contributed by atoms with E-state index in [9.17, 15) is 0 Å². The molecule has 1 atom stereocenters. The van der Waals surface area contributed by atoms with Gasteiger partial charge < -0.3 is 5.32 Å². The van der Waals surface area contributed by atoms with E-state index in [0.29, 0.717) is 5.16 Å². The van der Waals surface area contributed by atoms with E-state index in [1.807, 2.05) is 0 Å². The Morgan fingerprint density at radius 1 is 0.762 bits per heavy atom. The molecule has 1 nitrogen and oxygen atoms in total. The maximum absolute atomic E-state index is 3.70. The molecular formula is C19H41NSi. The summed E-state index contributed by atoms with van der Waals surface area (Å²) in [6.07, 6.45) is 17.7. The lowest BCUT2D eigenvalue weighted by Gasteiger charge is -2.25. The fraction of sp³-hybridized carbons (Fsp3) is 1.00. The smallest absolute Gasteiger partial charge is 0.0611 e. The van der Waals surface area contributed by atoms with Gasteiger partial charge in [0.1, 0.15) is 0 Å². The fourth-order valence-electron chi connectivity index (χ4n) is 3.81. The van der Waals surface area contributed by atoms with E-state index in [1.165, 1.54) is 89.6 Å². The zero-order valence-electron chi connectivity index (χ0n) is 15.2. The first-order chi connectivity index (χ1) is 10.2. The second-order valence-corrected chi connectivity index (χ2v) is 11.8. The van der Waals surface area contributed by atoms with Crippen molar-refractivity contribution in [1.82, 2.24) is 5.32 Å². The molecule has 1 fully saturated rings. The van der Waals surface area contributed by atoms with E-state index in [0.717, 1.165) is 0 Å². The van der Waals surface area contributed by atoms with E-state index in [1.54, 1.807) is 6.04 Å². The SMILES string of the molecule is CCCCCCCCCCCCCC[SiH]1CCNC1(C)C. The van der Waals surface area contributed by atoms with Gasteiger partial charge in [0.15, 0.2) is 0 Å². The van der Waals surface area contributed by atoms with Gasteiger partial charge in [-0.2, -0.15) is 0 Å². The molecule has 21 heavy (non-hydrogen) atoms. The fourth-order valence-corrected chi connectivity index (χ4v) is 7.25. The van der Waals surface area contributed by atoms with Gasteiger partial charge in [0, 0.05) is 5.16 Å². The van der Waals surface area contributed by atoms with Gasteiger partial charge in [0.25, 0.3) is 0 Å². The minimum atomic E-state index is -0.485. The van der Waals surface area contributed by atoms with Crippen LogP contribution in [-0.4, -0.2) is 20.5 Å². The minimum Gasteiger partial charge on any atom is -0.315 e. The van der Waals surface area contributed by atoms with Gasteiger partial charge in [-0.05, 0) is 12.6 Å². The van der Waals surface area contributed by atoms with Gasteiger partial charge in [-0.3, -0.25) is 0 Å². The Hall–Kier alpha value is 0.177. The first-order valence-electron chi connectivity index (χ1n) is 9.92. The molecular weight excluding hydrogens is 270 g/mol. The van der Waals surface area contributed by atoms with Crippen LogP contribution in [0.1, 0.15) is 97.8 Å². The lowest BCUT2D eigenvalue weighted by Crippen LogP contribution is -2.44. The summed E-state index contributed by atoms with van der Waals surface area (Å²) in [6, 6.07) is 3.11. The van der Waals surface area contributed by atoms with Crippen LogP contribution in [0.5, 0.6) is 0 Å². The highest BCUT2D eigenvalue weighted by Crippen LogP contribution is 2.24. The summed E-state index contributed by atoms with van der Waals surface area (Å²) in [6.45, 7) is 8.48. The quantitative estimate of drug-likeness (QED) is 0.333. The highest BCUT2D eigenvalue weighted by atomic mass is 28.3. The van der Waals surface area contributed by atoms with Crippen molar-refractivity contribution in [3.8, 4) is 0 Å². The van der Waals surface area contributed by atoms with E-state index >= 15 is 0 Å². The summed E-state index contributed by atoms with van der Waals surface area (Å²) in [5.74, 6) is 0. The zero-order chi connectivity index (χ0) is 15.4. The van der Waals surface area contributed by atoms with Crippen LogP contribution in [0.2, 0.25) is 12.1 Å². The molecule has 0 bridgehead atoms. The van der Waals surface area contributed by atoms with E-state index in [2.05, 4.69) is 26.1 Å². The van der Waals surface area contributed by atoms with Crippen LogP contribution >= 0.6 is 0 Å². The predicted molar refractivity (Wildman–Crippen MR) is 99.9 cm³/mol. The van der Waals surface area contributed by atoms with Crippen LogP contribution in [-0.2, 0) is 0 Å². The molecule has 1 aliphatic rings. The molecule has 2 heteroatoms. The Bertz CT molecular complexity index is 240. The van der Waals surface area contributed by atoms with E-state index < -0.39 is 8.80 Å². The molecule has 0 aromatic heterocycles. The molecule has 1 unspecified atom stereocenters. The standard InChI is InChI=1S/C19H41NSi/c1-4-5-6-7-8-9-10-11-12-13-14-15-17-21-18-16-20-19(21,2)3/h20-21H,4-18H2,1-3H3. The average Bonchev–Trinajstić information content (AvgIpc) is 2.79. The van der Waals surface area contributed by atoms with Crippen molar-refractivity contribution < 1.29 is 0 Å². The maximum Gasteiger partial charge on any atom is 0.0611 e. The second-order valence-electron chi connectivity index (χ2n) is 7.81. The van der Waals surface area contributed by atoms with E-state index in [-0.39, 0.29) is 0 Å². The van der Waals surface area contributed by atoms with Crippen molar-refractivity contribution in [3.05, 3.63) is 0 Å². The van der Waals surface area contributed by atoms with Gasteiger partial charge in [-0.15, -0.1) is 0 Å². The second kappa shape index (κ2) is 11.7. The topological polar surface area (TPSA) is 12.0 Å². The third-order valence-corrected chi connectivity index (χ3v) is 9.84. The number of unbranched alkanes of at least 4 members (excludes halogenated alkanes) is 11. The Labute approximate surface area is 136 Å². The lowest BCUT2D eigenvalue weighted by atomic mass is 10.1. The van der Waals surface area contributed by atoms with Crippen LogP contribution in [0.3, 0.4) is 0 Å². The summed E-state index contributed by atoms with van der Waals surface area (Å²) >= 11 is 0. The van der Waals surface area contributed by atoms with Crippen molar-refractivity contribution in [1.29, 1.82) is 0 Å². The maximum atomic E-state index is 3.70. The Balaban J connectivity index is 1.79. The molecule has 0 spiro atoms. The van der Waals surface area contributed by atoms with Crippen LogP contribution in [0.15, 0.2) is 0 Å². The predicted octanol–water partition coefficient (Wildman–Crippen LogP) is 5.84. The van der Waals surface area contributed by atoms with Crippen molar-refractivity contribution in [2.24, 2.45) is 0 Å². The minimum absolute atomic E-state index is 0.485. The number of hydrogen-bond donors (Lipinski definition) is 1. The largest absolute Gasteiger partial charge is 0.315 e. The molecule has 1 saturated heterocycles. The van der Waals surface area contributed by atoms with Crippen LogP contribution < -0.4 is 5.32 Å². The molecule has 126 valence electrons. The lowest BCUT2D eigenvalue weighted by molar-refractivity contribution is 0.545. The molecule has 0 aliphatic carbocycles. The molecule has 0 aromatic rings. The van der Waals surface area contributed by atoms with E-state index in [4.69, 9.17) is 0 Å². The highest BCUT2D eigenvalue weighted by molar-refractivity contribution is 6.63. The van der Waals surface area contributed by atoms with Crippen molar-refractivity contribution in [3.63, 3.8) is 0 Å². The Morgan fingerprint density at radius 3 is 1.67 bits per heavy atom. The Morgan fingerprint density at radius 2 is 1.24 bits per heavy atom. The third kappa shape index (κ3) is 9.03. The van der Waals surface area contributed by atoms with Gasteiger partial charge in [0.2, 0.25) is 0 Å². The van der Waals surface area contributed by atoms with Gasteiger partial charge in [-0.25, -0.2) is 0 Å². The molecule has 1 heterocycles. The summed E-state index contributed by atoms with van der Waals surface area (Å²) < 4.78 is 0. The average molecular weight is 312 g/mol. The highest BCUT2D eigenvalue weighted by Gasteiger charge is 2.34. The molecule has 0 amide bonds. The van der Waals surface area contributed by atoms with Crippen LogP contribution in [0.4, 0.5) is 0 Å². The molecule has 1 aliphatic heterocycles. The summed E-state index contributed by atoms with van der Waals surface area (Å²) in [4.78, 5) is 0. The first-order valence-corrected chi connectivity index (χ1v) is 12.1. The molecule has 1 rings (SSSR count). The van der Waals surface area contributed by atoms with Crippen LogP contribution in [0, 0.1) is 0 Å². The summed E-state index contributed by atoms with van der Waals surface area (Å²) in [7, 11) is -0.485. The zero-order valence-corrected chi connectivity index (χ0v) is 16.3. The van der Waals surface area contributed by atoms with Crippen molar-refractivity contribution in [2.75, 3.05) is 6.54 Å². The number of rotatable bonds is 13. The van der Waals surface area contributed by atoms with Gasteiger partial charge in [0.05, 0.1) is 8.80 Å². The summed E-state index contributed by atoms with van der Waals surface area (Å²) in [5, 5.41) is 4.24. The molecule has 0 radical (unpaired) electrons. The van der Waals surface area contributed by atoms with Gasteiger partial charge in [-0.1, -0.05) is 104 Å². The van der Waals surface area contributed by atoms with Crippen molar-refractivity contribution >= 4 is 8.80 Å². The normalized spacial score (nSPS) is 21.0. The third-order valence-electron chi connectivity index (χ3n) is 5.50. The number of hydrogen-bond acceptors (Lipinski definition) is 1. The summed E-state index contributed by atoms with van der Waals surface area (Å²) in [5.41, 5.74) is 0. The van der Waals surface area contributed by atoms with Crippen molar-refractivity contribution in [2.45, 2.75) is 115 Å². The number of nitrogens with one attached hydrogen (secondary N) is 1. The molecule has 1 N–H and O–H groups in total. The molecule has 0 saturated carbocycles. The molecule has 0 aromatic carbocycles. The van der Waals surface area contributed by atoms with Gasteiger partial charge >= 0.3 is 0 Å². The monoisotopic (exact) mass is 311 g/mol. The first kappa shape index (κ1) is 19.2. The van der Waals surface area contributed by atoms with Crippen LogP contribution in [0.25, 0.3) is 0 Å².